The van der Waals surface area contributed by atoms with Crippen LogP contribution in [0.25, 0.3) is 0 Å². The molecule has 0 spiro atoms. The van der Waals surface area contributed by atoms with Crippen LogP contribution >= 0.6 is 15.9 Å². The summed E-state index contributed by atoms with van der Waals surface area (Å²) < 4.78 is 46.9. The Morgan fingerprint density at radius 1 is 1.21 bits per heavy atom. The van der Waals surface area contributed by atoms with Gasteiger partial charge in [-0.05, 0) is 54.8 Å². The van der Waals surface area contributed by atoms with Crippen LogP contribution in [0.4, 0.5) is 13.2 Å². The van der Waals surface area contributed by atoms with Crippen LogP contribution in [0.1, 0.15) is 23.1 Å². The Morgan fingerprint density at radius 3 is 2.34 bits per heavy atom. The molecule has 5 nitrogen and oxygen atoms in total. The Labute approximate surface area is 173 Å². The van der Waals surface area contributed by atoms with Gasteiger partial charge < -0.3 is 9.84 Å². The van der Waals surface area contributed by atoms with E-state index in [1.54, 1.807) is 36.4 Å². The van der Waals surface area contributed by atoms with E-state index < -0.39 is 30.8 Å². The first-order chi connectivity index (χ1) is 13.5. The van der Waals surface area contributed by atoms with Gasteiger partial charge in [0.2, 0.25) is 0 Å². The lowest BCUT2D eigenvalue weighted by Gasteiger charge is -2.32. The van der Waals surface area contributed by atoms with Gasteiger partial charge in [0.05, 0.1) is 12.1 Å². The number of aliphatic hydroxyl groups is 1. The number of nitrogens with zero attached hydrogens (tertiary/aromatic N) is 2. The first-order valence-electron chi connectivity index (χ1n) is 8.66. The summed E-state index contributed by atoms with van der Waals surface area (Å²) in [7, 11) is 0. The summed E-state index contributed by atoms with van der Waals surface area (Å²) in [6, 6.07) is 11.6. The zero-order chi connectivity index (χ0) is 21.4. The molecular weight excluding hydrogens is 453 g/mol. The number of alkyl halides is 3. The molecule has 0 aliphatic carbocycles. The number of hydrazone groups is 1. The highest BCUT2D eigenvalue weighted by molar-refractivity contribution is 9.10. The van der Waals surface area contributed by atoms with Crippen LogP contribution in [0.2, 0.25) is 0 Å². The molecule has 1 amide bonds. The molecule has 0 saturated carbocycles. The third-order valence-electron chi connectivity index (χ3n) is 4.41. The number of halogens is 4. The summed E-state index contributed by atoms with van der Waals surface area (Å²) in [5.41, 5.74) is -1.33. The minimum Gasteiger partial charge on any atom is -0.484 e. The molecule has 0 radical (unpaired) electrons. The van der Waals surface area contributed by atoms with Gasteiger partial charge in [-0.25, -0.2) is 0 Å². The monoisotopic (exact) mass is 470 g/mol. The molecule has 1 atom stereocenters. The van der Waals surface area contributed by atoms with E-state index in [-0.39, 0.29) is 10.7 Å². The topological polar surface area (TPSA) is 62.1 Å². The highest BCUT2D eigenvalue weighted by Crippen LogP contribution is 2.41. The number of hydrogen-bond donors (Lipinski definition) is 1. The molecule has 29 heavy (non-hydrogen) atoms. The number of carbonyl (C=O) groups is 1. The van der Waals surface area contributed by atoms with Crippen LogP contribution in [-0.2, 0) is 4.79 Å². The lowest BCUT2D eigenvalue weighted by Crippen LogP contribution is -2.57. The van der Waals surface area contributed by atoms with Crippen LogP contribution in [0.3, 0.4) is 0 Å². The van der Waals surface area contributed by atoms with E-state index in [0.29, 0.717) is 11.3 Å². The number of hydrogen-bond acceptors (Lipinski definition) is 4. The van der Waals surface area contributed by atoms with E-state index in [1.807, 2.05) is 19.9 Å². The second-order valence-electron chi connectivity index (χ2n) is 6.86. The minimum absolute atomic E-state index is 0.0444. The van der Waals surface area contributed by atoms with Crippen molar-refractivity contribution in [2.45, 2.75) is 32.2 Å². The molecule has 0 saturated heterocycles. The Hall–Kier alpha value is -2.39. The third kappa shape index (κ3) is 4.45. The Bertz CT molecular complexity index is 940. The Balaban J connectivity index is 1.85. The maximum absolute atomic E-state index is 13.6. The van der Waals surface area contributed by atoms with E-state index in [9.17, 15) is 23.1 Å². The third-order valence-corrected chi connectivity index (χ3v) is 4.94. The summed E-state index contributed by atoms with van der Waals surface area (Å²) in [6.45, 7) is 2.97. The van der Waals surface area contributed by atoms with Gasteiger partial charge in [-0.15, -0.1) is 0 Å². The van der Waals surface area contributed by atoms with Crippen LogP contribution in [0.5, 0.6) is 5.75 Å². The fraction of sp³-hybridized carbons (Fsp3) is 0.300. The van der Waals surface area contributed by atoms with Crippen molar-refractivity contribution in [2.75, 3.05) is 6.61 Å². The first kappa shape index (κ1) is 21.3. The standard InChI is InChI=1S/C20H18BrF3N2O3/c1-12-7-13(2)9-16(8-12)29-11-18(27)26-19(28,20(22,23)24)10-17(25-26)14-3-5-15(21)6-4-14/h3-9,28H,10-11H2,1-2H3/t19-/m1/s1. The van der Waals surface area contributed by atoms with Crippen molar-refractivity contribution in [1.82, 2.24) is 5.01 Å². The van der Waals surface area contributed by atoms with Crippen LogP contribution < -0.4 is 4.74 Å². The van der Waals surface area contributed by atoms with E-state index in [0.717, 1.165) is 15.6 Å². The second kappa shape index (κ2) is 7.79. The average Bonchev–Trinajstić information content (AvgIpc) is 2.98. The quantitative estimate of drug-likeness (QED) is 0.723. The van der Waals surface area contributed by atoms with Crippen molar-refractivity contribution >= 4 is 27.5 Å². The highest BCUT2D eigenvalue weighted by atomic mass is 79.9. The summed E-state index contributed by atoms with van der Waals surface area (Å²) in [5.74, 6) is -0.751. The van der Waals surface area contributed by atoms with E-state index in [2.05, 4.69) is 21.0 Å². The number of aryl methyl sites for hydroxylation is 2. The zero-order valence-corrected chi connectivity index (χ0v) is 17.2. The van der Waals surface area contributed by atoms with Gasteiger partial charge in [0, 0.05) is 4.47 Å². The van der Waals surface area contributed by atoms with Gasteiger partial charge in [0.25, 0.3) is 11.6 Å². The van der Waals surface area contributed by atoms with Crippen molar-refractivity contribution in [3.05, 3.63) is 63.6 Å². The lowest BCUT2D eigenvalue weighted by molar-refractivity contribution is -0.302. The van der Waals surface area contributed by atoms with E-state index >= 15 is 0 Å². The number of carbonyl (C=O) groups excluding carboxylic acids is 1. The molecule has 1 heterocycles. The zero-order valence-electron chi connectivity index (χ0n) is 15.6. The van der Waals surface area contributed by atoms with E-state index in [1.165, 1.54) is 0 Å². The number of rotatable bonds is 4. The average molecular weight is 471 g/mol. The fourth-order valence-electron chi connectivity index (χ4n) is 3.05. The van der Waals surface area contributed by atoms with Crippen molar-refractivity contribution in [3.63, 3.8) is 0 Å². The predicted molar refractivity (Wildman–Crippen MR) is 105 cm³/mol. The molecule has 154 valence electrons. The smallest absolute Gasteiger partial charge is 0.438 e. The molecular formula is C20H18BrF3N2O3. The van der Waals surface area contributed by atoms with Gasteiger partial charge in [-0.1, -0.05) is 34.1 Å². The van der Waals surface area contributed by atoms with Crippen LogP contribution in [0, 0.1) is 13.8 Å². The first-order valence-corrected chi connectivity index (χ1v) is 9.45. The van der Waals surface area contributed by atoms with Gasteiger partial charge >= 0.3 is 6.18 Å². The van der Waals surface area contributed by atoms with Crippen molar-refractivity contribution in [2.24, 2.45) is 5.10 Å². The predicted octanol–water partition coefficient (Wildman–Crippen LogP) is 4.33. The fourth-order valence-corrected chi connectivity index (χ4v) is 3.32. The minimum atomic E-state index is -5.09. The Kier molecular flexibility index (Phi) is 5.73. The lowest BCUT2D eigenvalue weighted by atomic mass is 10.0. The molecule has 1 aliphatic heterocycles. The molecule has 0 bridgehead atoms. The van der Waals surface area contributed by atoms with Crippen LogP contribution in [-0.4, -0.2) is 40.2 Å². The van der Waals surface area contributed by atoms with Crippen molar-refractivity contribution < 1.29 is 27.8 Å². The van der Waals surface area contributed by atoms with Gasteiger partial charge in [-0.2, -0.15) is 23.3 Å². The largest absolute Gasteiger partial charge is 0.484 e. The molecule has 0 fully saturated rings. The SMILES string of the molecule is Cc1cc(C)cc(OCC(=O)N2N=C(c3ccc(Br)cc3)C[C@@]2(O)C(F)(F)F)c1. The normalized spacial score (nSPS) is 19.3. The maximum Gasteiger partial charge on any atom is 0.438 e. The second-order valence-corrected chi connectivity index (χ2v) is 7.78. The molecule has 1 N–H and O–H groups in total. The molecule has 1 aliphatic rings. The highest BCUT2D eigenvalue weighted by Gasteiger charge is 2.63. The van der Waals surface area contributed by atoms with Crippen LogP contribution in [0.15, 0.2) is 52.0 Å². The van der Waals surface area contributed by atoms with Crippen molar-refractivity contribution in [1.29, 1.82) is 0 Å². The molecule has 3 rings (SSSR count). The number of ether oxygens (including phenoxy) is 1. The summed E-state index contributed by atoms with van der Waals surface area (Å²) in [5, 5.41) is 14.2. The van der Waals surface area contributed by atoms with Gasteiger partial charge in [0.1, 0.15) is 5.75 Å². The molecule has 2 aromatic carbocycles. The summed E-state index contributed by atoms with van der Waals surface area (Å²) in [4.78, 5) is 12.5. The summed E-state index contributed by atoms with van der Waals surface area (Å²) >= 11 is 3.25. The number of benzene rings is 2. The number of amides is 1. The summed E-state index contributed by atoms with van der Waals surface area (Å²) in [6.07, 6.45) is -5.96. The van der Waals surface area contributed by atoms with Gasteiger partial charge in [0.15, 0.2) is 6.61 Å². The van der Waals surface area contributed by atoms with E-state index in [4.69, 9.17) is 4.74 Å². The van der Waals surface area contributed by atoms with Gasteiger partial charge in [-0.3, -0.25) is 4.79 Å². The van der Waals surface area contributed by atoms with Crippen molar-refractivity contribution in [3.8, 4) is 5.75 Å². The maximum atomic E-state index is 13.6. The molecule has 0 aromatic heterocycles. The molecule has 2 aromatic rings. The molecule has 0 unspecified atom stereocenters. The molecule has 9 heteroatoms. The Morgan fingerprint density at radius 2 is 1.79 bits per heavy atom.